The van der Waals surface area contributed by atoms with Crippen molar-refractivity contribution in [2.75, 3.05) is 39.2 Å². The lowest BCUT2D eigenvalue weighted by molar-refractivity contribution is -0.394. The van der Waals surface area contributed by atoms with E-state index in [1.54, 1.807) is 19.2 Å². The van der Waals surface area contributed by atoms with Gasteiger partial charge in [0.1, 0.15) is 5.75 Å². The lowest BCUT2D eigenvalue weighted by atomic mass is 10.1. The Kier molecular flexibility index (Phi) is 6.95. The number of ether oxygens (including phenoxy) is 1. The number of carbonyl (C=O) groups is 1. The molecule has 0 spiro atoms. The highest BCUT2D eigenvalue weighted by Crippen LogP contribution is 2.33. The third-order valence-corrected chi connectivity index (χ3v) is 5.68. The summed E-state index contributed by atoms with van der Waals surface area (Å²) in [5.41, 5.74) is -0.554. The molecule has 0 atom stereocenters. The zero-order valence-corrected chi connectivity index (χ0v) is 18.5. The number of non-ortho nitro benzene ring substituents is 2. The Bertz CT molecular complexity index is 1150. The fourth-order valence-electron chi connectivity index (χ4n) is 3.05. The predicted octanol–water partition coefficient (Wildman–Crippen LogP) is 3.72. The summed E-state index contributed by atoms with van der Waals surface area (Å²) in [4.78, 5) is 42.3. The van der Waals surface area contributed by atoms with Crippen LogP contribution in [0.1, 0.15) is 16.8 Å². The maximum absolute atomic E-state index is 13.4. The summed E-state index contributed by atoms with van der Waals surface area (Å²) in [6.07, 6.45) is 0.606. The molecule has 168 valence electrons. The van der Waals surface area contributed by atoms with E-state index in [1.165, 1.54) is 16.2 Å². The van der Waals surface area contributed by atoms with E-state index in [0.717, 1.165) is 22.9 Å². The van der Waals surface area contributed by atoms with Gasteiger partial charge in [0.15, 0.2) is 5.13 Å². The molecular weight excluding hydrogens is 438 g/mol. The first-order valence-corrected chi connectivity index (χ1v) is 10.4. The molecule has 12 heteroatoms. The first kappa shape index (κ1) is 23.0. The van der Waals surface area contributed by atoms with Crippen molar-refractivity contribution in [2.24, 2.45) is 0 Å². The van der Waals surface area contributed by atoms with Gasteiger partial charge in [-0.05, 0) is 39.2 Å². The Labute approximate surface area is 187 Å². The van der Waals surface area contributed by atoms with Gasteiger partial charge in [0.25, 0.3) is 17.3 Å². The first-order chi connectivity index (χ1) is 15.2. The van der Waals surface area contributed by atoms with Crippen molar-refractivity contribution in [1.29, 1.82) is 0 Å². The number of carbonyl (C=O) groups excluding carboxylic acids is 1. The maximum Gasteiger partial charge on any atom is 0.277 e. The monoisotopic (exact) mass is 459 g/mol. The van der Waals surface area contributed by atoms with Crippen molar-refractivity contribution < 1.29 is 19.4 Å². The average Bonchev–Trinajstić information content (AvgIpc) is 3.18. The van der Waals surface area contributed by atoms with Crippen LogP contribution in [0, 0.1) is 20.2 Å². The molecule has 0 aliphatic heterocycles. The van der Waals surface area contributed by atoms with Crippen molar-refractivity contribution in [3.8, 4) is 5.75 Å². The molecule has 0 saturated carbocycles. The number of nitrogens with zero attached hydrogens (tertiary/aromatic N) is 5. The number of nitro benzene ring substituents is 2. The van der Waals surface area contributed by atoms with Crippen LogP contribution < -0.4 is 9.64 Å². The number of anilines is 1. The SMILES string of the molecule is COc1ccc2sc(N(CCCN(C)C)C(=O)c3cc([N+](=O)[O-])cc([N+](=O)[O-])c3)nc2c1. The minimum absolute atomic E-state index is 0.146. The number of aromatic nitrogens is 1. The van der Waals surface area contributed by atoms with Gasteiger partial charge in [0.2, 0.25) is 0 Å². The van der Waals surface area contributed by atoms with Crippen molar-refractivity contribution in [3.63, 3.8) is 0 Å². The van der Waals surface area contributed by atoms with Gasteiger partial charge in [-0.15, -0.1) is 0 Å². The molecule has 1 amide bonds. The predicted molar refractivity (Wildman–Crippen MR) is 121 cm³/mol. The first-order valence-electron chi connectivity index (χ1n) is 9.54. The van der Waals surface area contributed by atoms with E-state index < -0.39 is 27.1 Å². The molecule has 0 unspecified atom stereocenters. The molecule has 0 fully saturated rings. The Morgan fingerprint density at radius 3 is 2.28 bits per heavy atom. The molecule has 1 heterocycles. The van der Waals surface area contributed by atoms with E-state index in [2.05, 4.69) is 4.98 Å². The Balaban J connectivity index is 2.04. The normalized spacial score (nSPS) is 11.0. The van der Waals surface area contributed by atoms with Crippen molar-refractivity contribution in [2.45, 2.75) is 6.42 Å². The van der Waals surface area contributed by atoms with Gasteiger partial charge >= 0.3 is 0 Å². The van der Waals surface area contributed by atoms with Gasteiger partial charge < -0.3 is 9.64 Å². The van der Waals surface area contributed by atoms with Crippen molar-refractivity contribution in [3.05, 3.63) is 62.2 Å². The van der Waals surface area contributed by atoms with Gasteiger partial charge in [-0.3, -0.25) is 29.9 Å². The number of amides is 1. The van der Waals surface area contributed by atoms with Crippen LogP contribution in [-0.2, 0) is 0 Å². The molecule has 0 N–H and O–H groups in total. The second-order valence-electron chi connectivity index (χ2n) is 7.20. The molecule has 3 rings (SSSR count). The van der Waals surface area contributed by atoms with Crippen LogP contribution in [0.4, 0.5) is 16.5 Å². The molecule has 3 aromatic rings. The van der Waals surface area contributed by atoms with Crippen molar-refractivity contribution in [1.82, 2.24) is 9.88 Å². The third-order valence-electron chi connectivity index (χ3n) is 4.62. The largest absolute Gasteiger partial charge is 0.497 e. The highest BCUT2D eigenvalue weighted by Gasteiger charge is 2.26. The molecular formula is C20H21N5O6S. The van der Waals surface area contributed by atoms with Crippen LogP contribution >= 0.6 is 11.3 Å². The number of methoxy groups -OCH3 is 1. The zero-order valence-electron chi connectivity index (χ0n) is 17.7. The van der Waals surface area contributed by atoms with Crippen LogP contribution in [0.3, 0.4) is 0 Å². The van der Waals surface area contributed by atoms with Crippen LogP contribution in [0.5, 0.6) is 5.75 Å². The molecule has 2 aromatic carbocycles. The number of hydrogen-bond acceptors (Lipinski definition) is 9. The number of benzene rings is 2. The second kappa shape index (κ2) is 9.66. The number of fused-ring (bicyclic) bond motifs is 1. The van der Waals surface area contributed by atoms with E-state index in [4.69, 9.17) is 4.74 Å². The molecule has 0 aliphatic carbocycles. The Morgan fingerprint density at radius 1 is 1.06 bits per heavy atom. The average molecular weight is 459 g/mol. The summed E-state index contributed by atoms with van der Waals surface area (Å²) >= 11 is 1.28. The van der Waals surface area contributed by atoms with Gasteiger partial charge in [-0.1, -0.05) is 11.3 Å². The standard InChI is InChI=1S/C20H21N5O6S/c1-22(2)7-4-8-23(20-21-17-12-16(31-3)5-6-18(17)32-20)19(26)13-9-14(24(27)28)11-15(10-13)25(29)30/h5-6,9-12H,4,7-8H2,1-3H3. The fraction of sp³-hybridized carbons (Fsp3) is 0.300. The zero-order chi connectivity index (χ0) is 23.4. The number of thiazole rings is 1. The maximum atomic E-state index is 13.4. The topological polar surface area (TPSA) is 132 Å². The molecule has 0 saturated heterocycles. The number of nitro groups is 2. The van der Waals surface area contributed by atoms with E-state index in [1.807, 2.05) is 25.1 Å². The highest BCUT2D eigenvalue weighted by molar-refractivity contribution is 7.22. The van der Waals surface area contributed by atoms with Gasteiger partial charge in [-0.25, -0.2) is 4.98 Å². The summed E-state index contributed by atoms with van der Waals surface area (Å²) in [5.74, 6) is 0.0238. The van der Waals surface area contributed by atoms with Gasteiger partial charge in [-0.2, -0.15) is 0 Å². The third kappa shape index (κ3) is 5.15. The lowest BCUT2D eigenvalue weighted by Crippen LogP contribution is -2.33. The van der Waals surface area contributed by atoms with Gasteiger partial charge in [0.05, 0.1) is 38.8 Å². The molecule has 32 heavy (non-hydrogen) atoms. The molecule has 0 bridgehead atoms. The second-order valence-corrected chi connectivity index (χ2v) is 8.21. The molecule has 0 radical (unpaired) electrons. The summed E-state index contributed by atoms with van der Waals surface area (Å²) in [6.45, 7) is 0.974. The van der Waals surface area contributed by atoms with E-state index in [-0.39, 0.29) is 12.1 Å². The van der Waals surface area contributed by atoms with E-state index in [9.17, 15) is 25.0 Å². The molecule has 1 aromatic heterocycles. The summed E-state index contributed by atoms with van der Waals surface area (Å²) in [6, 6.07) is 8.28. The number of rotatable bonds is 9. The fourth-order valence-corrected chi connectivity index (χ4v) is 4.02. The lowest BCUT2D eigenvalue weighted by Gasteiger charge is -2.21. The molecule has 11 nitrogen and oxygen atoms in total. The quantitative estimate of drug-likeness (QED) is 0.349. The Morgan fingerprint density at radius 2 is 1.72 bits per heavy atom. The van der Waals surface area contributed by atoms with Crippen LogP contribution in [-0.4, -0.2) is 59.9 Å². The summed E-state index contributed by atoms with van der Waals surface area (Å²) < 4.78 is 6.05. The minimum Gasteiger partial charge on any atom is -0.497 e. The smallest absolute Gasteiger partial charge is 0.277 e. The van der Waals surface area contributed by atoms with Gasteiger partial charge in [0, 0.05) is 24.7 Å². The van der Waals surface area contributed by atoms with Crippen molar-refractivity contribution >= 4 is 44.0 Å². The van der Waals surface area contributed by atoms with Crippen LogP contribution in [0.25, 0.3) is 10.2 Å². The number of hydrogen-bond donors (Lipinski definition) is 0. The highest BCUT2D eigenvalue weighted by atomic mass is 32.1. The summed E-state index contributed by atoms with van der Waals surface area (Å²) in [5, 5.41) is 22.9. The minimum atomic E-state index is -0.760. The van der Waals surface area contributed by atoms with Crippen LogP contribution in [0.15, 0.2) is 36.4 Å². The van der Waals surface area contributed by atoms with E-state index >= 15 is 0 Å². The van der Waals surface area contributed by atoms with Crippen LogP contribution in [0.2, 0.25) is 0 Å². The molecule has 0 aliphatic rings. The Hall–Kier alpha value is -3.64. The van der Waals surface area contributed by atoms with E-state index in [0.29, 0.717) is 29.4 Å². The summed E-state index contributed by atoms with van der Waals surface area (Å²) in [7, 11) is 5.35.